The number of anilines is 2. The lowest BCUT2D eigenvalue weighted by Gasteiger charge is -2.52. The Morgan fingerprint density at radius 1 is 0.706 bits per heavy atom. The van der Waals surface area contributed by atoms with Crippen LogP contribution in [-0.4, -0.2) is 17.5 Å². The molecule has 0 unspecified atom stereocenters. The van der Waals surface area contributed by atoms with Crippen LogP contribution in [-0.2, 0) is 9.59 Å². The van der Waals surface area contributed by atoms with Crippen molar-refractivity contribution >= 4 is 23.2 Å². The molecule has 0 atom stereocenters. The van der Waals surface area contributed by atoms with E-state index in [1.807, 2.05) is 9.80 Å². The second kappa shape index (κ2) is 8.11. The first-order valence-corrected chi connectivity index (χ1v) is 12.4. The van der Waals surface area contributed by atoms with Crippen molar-refractivity contribution in [1.29, 1.82) is 0 Å². The highest BCUT2D eigenvalue weighted by Crippen LogP contribution is 2.56. The van der Waals surface area contributed by atoms with Crippen LogP contribution in [0.5, 0.6) is 0 Å². The average molecular weight is 459 g/mol. The molecule has 2 aliphatic rings. The fourth-order valence-corrected chi connectivity index (χ4v) is 5.90. The summed E-state index contributed by atoms with van der Waals surface area (Å²) in [7, 11) is 0. The first-order valence-electron chi connectivity index (χ1n) is 12.4. The summed E-state index contributed by atoms with van der Waals surface area (Å²) in [4.78, 5) is 32.2. The fourth-order valence-electron chi connectivity index (χ4n) is 5.90. The third kappa shape index (κ3) is 3.41. The van der Waals surface area contributed by atoms with Crippen molar-refractivity contribution in [3.05, 3.63) is 69.3 Å². The van der Waals surface area contributed by atoms with Gasteiger partial charge in [-0.05, 0) is 102 Å². The van der Waals surface area contributed by atoms with Crippen molar-refractivity contribution < 1.29 is 9.59 Å². The molecular formula is C30H38N2O2. The Bertz CT molecular complexity index is 1110. The molecule has 0 aromatic heterocycles. The summed E-state index contributed by atoms with van der Waals surface area (Å²) in [5, 5.41) is 0. The van der Waals surface area contributed by atoms with E-state index in [4.69, 9.17) is 0 Å². The molecule has 0 saturated carbocycles. The predicted octanol–water partition coefficient (Wildman–Crippen LogP) is 6.77. The quantitative estimate of drug-likeness (QED) is 0.366. The van der Waals surface area contributed by atoms with Crippen molar-refractivity contribution in [3.8, 4) is 0 Å². The molecule has 0 radical (unpaired) electrons. The molecule has 1 aliphatic carbocycles. The average Bonchev–Trinajstić information content (AvgIpc) is 3.43. The number of aryl methyl sites for hydroxylation is 6. The molecule has 2 amide bonds. The molecule has 1 spiro atoms. The molecule has 4 nitrogen and oxygen atoms in total. The van der Waals surface area contributed by atoms with Crippen LogP contribution in [0.25, 0.3) is 0 Å². The van der Waals surface area contributed by atoms with E-state index in [9.17, 15) is 9.59 Å². The van der Waals surface area contributed by atoms with Crippen LogP contribution >= 0.6 is 0 Å². The smallest absolute Gasteiger partial charge is 0.244 e. The van der Waals surface area contributed by atoms with Gasteiger partial charge in [-0.15, -0.1) is 0 Å². The highest BCUT2D eigenvalue weighted by molar-refractivity contribution is 6.23. The van der Waals surface area contributed by atoms with Gasteiger partial charge in [0.15, 0.2) is 5.66 Å². The summed E-state index contributed by atoms with van der Waals surface area (Å²) in [6, 6.07) is 8.53. The maximum absolute atomic E-state index is 14.2. The van der Waals surface area contributed by atoms with Gasteiger partial charge >= 0.3 is 0 Å². The molecular weight excluding hydrogens is 420 g/mol. The molecule has 1 aliphatic heterocycles. The summed E-state index contributed by atoms with van der Waals surface area (Å²) in [5.74, 6) is -0.261. The molecule has 0 N–H and O–H groups in total. The minimum Gasteiger partial charge on any atom is -0.279 e. The zero-order valence-electron chi connectivity index (χ0n) is 22.2. The number of carbonyl (C=O) groups is 2. The fraction of sp³-hybridized carbons (Fsp3) is 0.467. The second-order valence-corrected chi connectivity index (χ2v) is 10.9. The predicted molar refractivity (Wildman–Crippen MR) is 140 cm³/mol. The number of carbonyl (C=O) groups excluding carboxylic acids is 2. The first kappa shape index (κ1) is 24.3. The molecule has 2 aromatic carbocycles. The summed E-state index contributed by atoms with van der Waals surface area (Å²) in [5.41, 5.74) is 7.55. The van der Waals surface area contributed by atoms with Crippen LogP contribution in [0, 0.1) is 47.0 Å². The lowest BCUT2D eigenvalue weighted by atomic mass is 9.82. The molecule has 1 saturated heterocycles. The van der Waals surface area contributed by atoms with Gasteiger partial charge in [0.25, 0.3) is 0 Å². The number of benzene rings is 2. The minimum atomic E-state index is -1.18. The van der Waals surface area contributed by atoms with Gasteiger partial charge in [0.1, 0.15) is 5.41 Å². The molecule has 34 heavy (non-hydrogen) atoms. The normalized spacial score (nSPS) is 18.6. The Morgan fingerprint density at radius 2 is 1.09 bits per heavy atom. The van der Waals surface area contributed by atoms with Crippen molar-refractivity contribution in [2.24, 2.45) is 5.41 Å². The van der Waals surface area contributed by atoms with Crippen LogP contribution in [0.2, 0.25) is 0 Å². The number of amides is 2. The molecule has 180 valence electrons. The van der Waals surface area contributed by atoms with E-state index < -0.39 is 11.1 Å². The van der Waals surface area contributed by atoms with E-state index in [2.05, 4.69) is 78.8 Å². The number of nitrogens with zero attached hydrogens (tertiary/aromatic N) is 2. The third-order valence-corrected chi connectivity index (χ3v) is 7.44. The lowest BCUT2D eigenvalue weighted by molar-refractivity contribution is -0.141. The monoisotopic (exact) mass is 458 g/mol. The zero-order valence-corrected chi connectivity index (χ0v) is 22.2. The van der Waals surface area contributed by atoms with Gasteiger partial charge in [0, 0.05) is 0 Å². The molecule has 1 fully saturated rings. The van der Waals surface area contributed by atoms with Gasteiger partial charge in [-0.3, -0.25) is 19.4 Å². The van der Waals surface area contributed by atoms with E-state index >= 15 is 0 Å². The summed E-state index contributed by atoms with van der Waals surface area (Å²) in [6.07, 6.45) is 5.12. The second-order valence-electron chi connectivity index (χ2n) is 10.9. The van der Waals surface area contributed by atoms with E-state index in [0.717, 1.165) is 58.5 Å². The summed E-state index contributed by atoms with van der Waals surface area (Å²) >= 11 is 0. The minimum absolute atomic E-state index is 0.131. The van der Waals surface area contributed by atoms with Crippen molar-refractivity contribution in [2.75, 3.05) is 9.80 Å². The van der Waals surface area contributed by atoms with Gasteiger partial charge in [0.05, 0.1) is 11.4 Å². The SMILES string of the molecule is CCCCC1=CC12N(c1c(C)cc(C)cc1C)C(=O)C(C)(C)C(=O)N2c1c(C)cc(C)cc1C. The number of hydrogen-bond donors (Lipinski definition) is 0. The van der Waals surface area contributed by atoms with Crippen molar-refractivity contribution in [3.63, 3.8) is 0 Å². The Hall–Kier alpha value is -2.88. The molecule has 1 heterocycles. The number of rotatable bonds is 5. The van der Waals surface area contributed by atoms with Gasteiger partial charge in [-0.1, -0.05) is 48.7 Å². The number of hydrogen-bond acceptors (Lipinski definition) is 2. The topological polar surface area (TPSA) is 40.6 Å². The molecule has 2 aromatic rings. The van der Waals surface area contributed by atoms with Crippen LogP contribution in [0.3, 0.4) is 0 Å². The van der Waals surface area contributed by atoms with E-state index in [1.165, 1.54) is 11.1 Å². The van der Waals surface area contributed by atoms with E-state index in [0.29, 0.717) is 0 Å². The maximum Gasteiger partial charge on any atom is 0.244 e. The Labute approximate surface area is 204 Å². The van der Waals surface area contributed by atoms with Crippen molar-refractivity contribution in [1.82, 2.24) is 0 Å². The standard InChI is InChI=1S/C30H38N2O2/c1-10-11-12-24-17-30(24)31(25-20(4)13-18(2)14-21(25)5)27(33)29(8,9)28(34)32(30)26-22(6)15-19(3)16-23(26)7/h13-17H,10-12H2,1-9H3. The van der Waals surface area contributed by atoms with E-state index in [-0.39, 0.29) is 11.8 Å². The van der Waals surface area contributed by atoms with Gasteiger partial charge in [-0.2, -0.15) is 0 Å². The van der Waals surface area contributed by atoms with E-state index in [1.54, 1.807) is 13.8 Å². The molecule has 4 heteroatoms. The van der Waals surface area contributed by atoms with Crippen LogP contribution < -0.4 is 9.80 Å². The van der Waals surface area contributed by atoms with Gasteiger partial charge in [0.2, 0.25) is 11.8 Å². The number of unbranched alkanes of at least 4 members (excludes halogenated alkanes) is 1. The molecule has 4 rings (SSSR count). The zero-order chi connectivity index (χ0) is 25.2. The largest absolute Gasteiger partial charge is 0.279 e. The van der Waals surface area contributed by atoms with Crippen LogP contribution in [0.4, 0.5) is 11.4 Å². The highest BCUT2D eigenvalue weighted by Gasteiger charge is 2.66. The third-order valence-electron chi connectivity index (χ3n) is 7.44. The Balaban J connectivity index is 2.02. The van der Waals surface area contributed by atoms with Crippen molar-refractivity contribution in [2.45, 2.75) is 87.2 Å². The highest BCUT2D eigenvalue weighted by atomic mass is 16.2. The summed E-state index contributed by atoms with van der Waals surface area (Å²) < 4.78 is 0. The first-order chi connectivity index (χ1) is 15.9. The Kier molecular flexibility index (Phi) is 5.78. The molecule has 0 bridgehead atoms. The van der Waals surface area contributed by atoms with Crippen LogP contribution in [0.1, 0.15) is 73.4 Å². The van der Waals surface area contributed by atoms with Gasteiger partial charge < -0.3 is 0 Å². The summed E-state index contributed by atoms with van der Waals surface area (Å²) in [6.45, 7) is 18.2. The Morgan fingerprint density at radius 3 is 1.44 bits per heavy atom. The maximum atomic E-state index is 14.2. The van der Waals surface area contributed by atoms with Gasteiger partial charge in [-0.25, -0.2) is 0 Å². The lowest BCUT2D eigenvalue weighted by Crippen LogP contribution is -2.70. The van der Waals surface area contributed by atoms with Crippen LogP contribution in [0.15, 0.2) is 35.9 Å².